The predicted molar refractivity (Wildman–Crippen MR) is 75.0 cm³/mol. The van der Waals surface area contributed by atoms with Crippen LogP contribution in [0.2, 0.25) is 0 Å². The summed E-state index contributed by atoms with van der Waals surface area (Å²) in [6.45, 7) is 6.31. The lowest BCUT2D eigenvalue weighted by molar-refractivity contribution is 0.873. The van der Waals surface area contributed by atoms with Gasteiger partial charge in [0.1, 0.15) is 5.82 Å². The summed E-state index contributed by atoms with van der Waals surface area (Å²) in [4.78, 5) is 0. The van der Waals surface area contributed by atoms with Crippen molar-refractivity contribution in [2.24, 2.45) is 0 Å². The second-order valence-electron chi connectivity index (χ2n) is 4.52. The molecule has 3 nitrogen and oxygen atoms in total. The Morgan fingerprint density at radius 3 is 2.65 bits per heavy atom. The zero-order chi connectivity index (χ0) is 12.6. The summed E-state index contributed by atoms with van der Waals surface area (Å²) in [5.41, 5.74) is 10.3. The topological polar surface area (TPSA) is 54.7 Å². The van der Waals surface area contributed by atoms with Crippen molar-refractivity contribution in [3.63, 3.8) is 0 Å². The third kappa shape index (κ3) is 2.22. The van der Waals surface area contributed by atoms with Gasteiger partial charge in [-0.25, -0.2) is 0 Å². The first-order valence-electron chi connectivity index (χ1n) is 5.61. The Kier molecular flexibility index (Phi) is 3.24. The van der Waals surface area contributed by atoms with Crippen LogP contribution in [0.3, 0.4) is 0 Å². The Morgan fingerprint density at radius 2 is 2.06 bits per heavy atom. The van der Waals surface area contributed by atoms with Gasteiger partial charge in [-0.3, -0.25) is 5.10 Å². The molecule has 0 aliphatic heterocycles. The fourth-order valence-electron chi connectivity index (χ4n) is 1.97. The molecule has 0 fully saturated rings. The SMILES string of the molecule is Cc1cc(-c2[nH]nc(N)c2C(C)C)ccc1Br. The number of aromatic amines is 1. The second kappa shape index (κ2) is 4.53. The van der Waals surface area contributed by atoms with Crippen molar-refractivity contribution in [1.29, 1.82) is 0 Å². The van der Waals surface area contributed by atoms with Crippen LogP contribution >= 0.6 is 15.9 Å². The van der Waals surface area contributed by atoms with Crippen molar-refractivity contribution in [3.8, 4) is 11.3 Å². The van der Waals surface area contributed by atoms with Gasteiger partial charge < -0.3 is 5.73 Å². The largest absolute Gasteiger partial charge is 0.382 e. The molecule has 0 aliphatic carbocycles. The number of aryl methyl sites for hydroxylation is 1. The van der Waals surface area contributed by atoms with E-state index in [0.717, 1.165) is 21.3 Å². The maximum atomic E-state index is 5.90. The third-order valence-corrected chi connectivity index (χ3v) is 3.75. The van der Waals surface area contributed by atoms with E-state index in [2.05, 4.69) is 59.0 Å². The molecule has 0 aliphatic rings. The van der Waals surface area contributed by atoms with Gasteiger partial charge in [-0.1, -0.05) is 35.8 Å². The molecule has 2 rings (SSSR count). The van der Waals surface area contributed by atoms with Crippen molar-refractivity contribution >= 4 is 21.7 Å². The molecule has 90 valence electrons. The minimum atomic E-state index is 0.354. The van der Waals surface area contributed by atoms with Crippen molar-refractivity contribution in [2.45, 2.75) is 26.7 Å². The molecule has 0 spiro atoms. The van der Waals surface area contributed by atoms with Crippen LogP contribution < -0.4 is 5.73 Å². The molecule has 0 unspecified atom stereocenters. The van der Waals surface area contributed by atoms with Gasteiger partial charge in [-0.05, 0) is 30.5 Å². The molecule has 0 saturated heterocycles. The molecule has 3 N–H and O–H groups in total. The zero-order valence-corrected chi connectivity index (χ0v) is 11.8. The first kappa shape index (κ1) is 12.2. The molecular formula is C13H16BrN3. The summed E-state index contributed by atoms with van der Waals surface area (Å²) >= 11 is 3.50. The summed E-state index contributed by atoms with van der Waals surface area (Å²) in [5.74, 6) is 0.947. The number of rotatable bonds is 2. The molecular weight excluding hydrogens is 278 g/mol. The quantitative estimate of drug-likeness (QED) is 0.883. The van der Waals surface area contributed by atoms with Crippen LogP contribution in [0.5, 0.6) is 0 Å². The third-order valence-electron chi connectivity index (χ3n) is 2.86. The number of benzene rings is 1. The molecule has 0 saturated carbocycles. The van der Waals surface area contributed by atoms with Crippen molar-refractivity contribution in [2.75, 3.05) is 5.73 Å². The Balaban J connectivity index is 2.56. The summed E-state index contributed by atoms with van der Waals surface area (Å²) in [7, 11) is 0. The molecule has 0 radical (unpaired) electrons. The molecule has 1 aromatic heterocycles. The van der Waals surface area contributed by atoms with Gasteiger partial charge in [0.25, 0.3) is 0 Å². The monoisotopic (exact) mass is 293 g/mol. The van der Waals surface area contributed by atoms with E-state index in [4.69, 9.17) is 5.73 Å². The highest BCUT2D eigenvalue weighted by Crippen LogP contribution is 2.32. The van der Waals surface area contributed by atoms with E-state index in [9.17, 15) is 0 Å². The molecule has 2 aromatic rings. The minimum absolute atomic E-state index is 0.354. The molecule has 0 amide bonds. The van der Waals surface area contributed by atoms with Gasteiger partial charge in [-0.2, -0.15) is 5.10 Å². The van der Waals surface area contributed by atoms with E-state index in [1.807, 2.05) is 6.07 Å². The second-order valence-corrected chi connectivity index (χ2v) is 5.37. The average Bonchev–Trinajstić information content (AvgIpc) is 2.64. The summed E-state index contributed by atoms with van der Waals surface area (Å²) in [6, 6.07) is 6.24. The van der Waals surface area contributed by atoms with E-state index in [1.54, 1.807) is 0 Å². The average molecular weight is 294 g/mol. The van der Waals surface area contributed by atoms with Gasteiger partial charge in [0.2, 0.25) is 0 Å². The molecule has 0 bridgehead atoms. The van der Waals surface area contributed by atoms with Gasteiger partial charge in [0, 0.05) is 15.6 Å². The van der Waals surface area contributed by atoms with Crippen LogP contribution in [-0.2, 0) is 0 Å². The van der Waals surface area contributed by atoms with Crippen LogP contribution in [0, 0.1) is 6.92 Å². The Labute approximate surface area is 110 Å². The van der Waals surface area contributed by atoms with E-state index >= 15 is 0 Å². The number of halogens is 1. The number of nitrogen functional groups attached to an aromatic ring is 1. The van der Waals surface area contributed by atoms with Gasteiger partial charge >= 0.3 is 0 Å². The number of nitrogens with one attached hydrogen (secondary N) is 1. The zero-order valence-electron chi connectivity index (χ0n) is 10.2. The smallest absolute Gasteiger partial charge is 0.149 e. The minimum Gasteiger partial charge on any atom is -0.382 e. The maximum absolute atomic E-state index is 5.90. The van der Waals surface area contributed by atoms with E-state index in [1.165, 1.54) is 5.56 Å². The normalized spacial score (nSPS) is 11.1. The number of hydrogen-bond acceptors (Lipinski definition) is 2. The fraction of sp³-hybridized carbons (Fsp3) is 0.308. The molecule has 1 heterocycles. The lowest BCUT2D eigenvalue weighted by Gasteiger charge is -2.08. The summed E-state index contributed by atoms with van der Waals surface area (Å²) < 4.78 is 1.11. The molecule has 4 heteroatoms. The Bertz CT molecular complexity index is 544. The molecule has 0 atom stereocenters. The molecule has 1 aromatic carbocycles. The van der Waals surface area contributed by atoms with Gasteiger partial charge in [-0.15, -0.1) is 0 Å². The number of anilines is 1. The summed E-state index contributed by atoms with van der Waals surface area (Å²) in [5, 5.41) is 7.14. The number of nitrogens with two attached hydrogens (primary N) is 1. The summed E-state index contributed by atoms with van der Waals surface area (Å²) in [6.07, 6.45) is 0. The van der Waals surface area contributed by atoms with Crippen LogP contribution in [0.1, 0.15) is 30.9 Å². The van der Waals surface area contributed by atoms with Crippen LogP contribution in [-0.4, -0.2) is 10.2 Å². The van der Waals surface area contributed by atoms with Gasteiger partial charge in [0.05, 0.1) is 5.69 Å². The Hall–Kier alpha value is -1.29. The van der Waals surface area contributed by atoms with Crippen molar-refractivity contribution in [3.05, 3.63) is 33.8 Å². The van der Waals surface area contributed by atoms with Gasteiger partial charge in [0.15, 0.2) is 0 Å². The van der Waals surface area contributed by atoms with Crippen LogP contribution in [0.25, 0.3) is 11.3 Å². The number of aromatic nitrogens is 2. The lowest BCUT2D eigenvalue weighted by atomic mass is 9.98. The van der Waals surface area contributed by atoms with Crippen LogP contribution in [0.15, 0.2) is 22.7 Å². The highest BCUT2D eigenvalue weighted by Gasteiger charge is 2.15. The standard InChI is InChI=1S/C13H16BrN3/c1-7(2)11-12(16-17-13(11)15)9-4-5-10(14)8(3)6-9/h4-7H,1-3H3,(H3,15,16,17). The first-order chi connectivity index (χ1) is 8.00. The van der Waals surface area contributed by atoms with E-state index < -0.39 is 0 Å². The Morgan fingerprint density at radius 1 is 1.35 bits per heavy atom. The fourth-order valence-corrected chi connectivity index (χ4v) is 2.22. The van der Waals surface area contributed by atoms with E-state index in [-0.39, 0.29) is 0 Å². The van der Waals surface area contributed by atoms with Crippen LogP contribution in [0.4, 0.5) is 5.82 Å². The first-order valence-corrected chi connectivity index (χ1v) is 6.40. The number of H-pyrrole nitrogens is 1. The number of hydrogen-bond donors (Lipinski definition) is 2. The van der Waals surface area contributed by atoms with E-state index in [0.29, 0.717) is 11.7 Å². The lowest BCUT2D eigenvalue weighted by Crippen LogP contribution is -1.95. The highest BCUT2D eigenvalue weighted by molar-refractivity contribution is 9.10. The van der Waals surface area contributed by atoms with Crippen molar-refractivity contribution in [1.82, 2.24) is 10.2 Å². The van der Waals surface area contributed by atoms with Crippen molar-refractivity contribution < 1.29 is 0 Å². The number of nitrogens with zero attached hydrogens (tertiary/aromatic N) is 1. The maximum Gasteiger partial charge on any atom is 0.149 e. The highest BCUT2D eigenvalue weighted by atomic mass is 79.9. The predicted octanol–water partition coefficient (Wildman–Crippen LogP) is 3.85. The molecule has 17 heavy (non-hydrogen) atoms.